The lowest BCUT2D eigenvalue weighted by Gasteiger charge is -2.10. The number of hydrogen-bond acceptors (Lipinski definition) is 2. The van der Waals surface area contributed by atoms with Crippen molar-refractivity contribution in [1.29, 1.82) is 0 Å². The molecular formula is C18H16ClN3O. The predicted molar refractivity (Wildman–Crippen MR) is 91.9 cm³/mol. The van der Waals surface area contributed by atoms with Gasteiger partial charge < -0.3 is 5.32 Å². The molecule has 0 spiro atoms. The van der Waals surface area contributed by atoms with E-state index in [-0.39, 0.29) is 5.91 Å². The third-order valence-corrected chi connectivity index (χ3v) is 3.85. The minimum atomic E-state index is -0.138. The normalized spacial score (nSPS) is 10.5. The van der Waals surface area contributed by atoms with E-state index in [2.05, 4.69) is 10.4 Å². The van der Waals surface area contributed by atoms with Gasteiger partial charge in [0.25, 0.3) is 5.91 Å². The molecule has 1 aromatic heterocycles. The quantitative estimate of drug-likeness (QED) is 0.783. The Labute approximate surface area is 139 Å². The van der Waals surface area contributed by atoms with E-state index in [1.165, 1.54) is 0 Å². The maximum Gasteiger partial charge on any atom is 0.257 e. The van der Waals surface area contributed by atoms with Gasteiger partial charge in [-0.15, -0.1) is 0 Å². The van der Waals surface area contributed by atoms with Gasteiger partial charge in [-0.2, -0.15) is 5.10 Å². The van der Waals surface area contributed by atoms with Gasteiger partial charge in [-0.05, 0) is 36.2 Å². The third-order valence-electron chi connectivity index (χ3n) is 3.59. The van der Waals surface area contributed by atoms with Gasteiger partial charge in [0.15, 0.2) is 0 Å². The van der Waals surface area contributed by atoms with Gasteiger partial charge in [0, 0.05) is 16.7 Å². The monoisotopic (exact) mass is 325 g/mol. The van der Waals surface area contributed by atoms with E-state index in [1.54, 1.807) is 16.9 Å². The second kappa shape index (κ2) is 6.67. The van der Waals surface area contributed by atoms with Crippen molar-refractivity contribution in [2.24, 2.45) is 0 Å². The summed E-state index contributed by atoms with van der Waals surface area (Å²) in [6, 6.07) is 16.8. The van der Waals surface area contributed by atoms with E-state index in [4.69, 9.17) is 11.6 Å². The SMILES string of the molecule is Cc1ccccc1C(=O)Nc1ccnn1Cc1ccc(Cl)cc1. The van der Waals surface area contributed by atoms with Crippen LogP contribution >= 0.6 is 11.6 Å². The van der Waals surface area contributed by atoms with Crippen LogP contribution in [0.5, 0.6) is 0 Å². The van der Waals surface area contributed by atoms with Crippen LogP contribution in [0.15, 0.2) is 60.8 Å². The molecule has 0 atom stereocenters. The fourth-order valence-corrected chi connectivity index (χ4v) is 2.46. The van der Waals surface area contributed by atoms with Crippen molar-refractivity contribution in [2.75, 3.05) is 5.32 Å². The Morgan fingerprint density at radius 2 is 1.87 bits per heavy atom. The number of rotatable bonds is 4. The molecule has 0 aliphatic rings. The van der Waals surface area contributed by atoms with E-state index in [1.807, 2.05) is 55.5 Å². The van der Waals surface area contributed by atoms with Crippen LogP contribution in [-0.2, 0) is 6.54 Å². The van der Waals surface area contributed by atoms with E-state index >= 15 is 0 Å². The molecule has 0 aliphatic carbocycles. The number of amides is 1. The van der Waals surface area contributed by atoms with Gasteiger partial charge >= 0.3 is 0 Å². The van der Waals surface area contributed by atoms with Gasteiger partial charge in [-0.1, -0.05) is 41.9 Å². The third kappa shape index (κ3) is 3.60. The number of anilines is 1. The minimum Gasteiger partial charge on any atom is -0.307 e. The Kier molecular flexibility index (Phi) is 4.44. The molecule has 0 aliphatic heterocycles. The molecule has 3 aromatic rings. The van der Waals surface area contributed by atoms with Crippen LogP contribution in [0.3, 0.4) is 0 Å². The summed E-state index contributed by atoms with van der Waals surface area (Å²) in [4.78, 5) is 12.4. The number of aryl methyl sites for hydroxylation is 1. The van der Waals surface area contributed by atoms with E-state index in [9.17, 15) is 4.79 Å². The Bertz CT molecular complexity index is 824. The van der Waals surface area contributed by atoms with Crippen molar-refractivity contribution >= 4 is 23.3 Å². The molecule has 0 bridgehead atoms. The zero-order chi connectivity index (χ0) is 16.2. The number of carbonyl (C=O) groups excluding carboxylic acids is 1. The summed E-state index contributed by atoms with van der Waals surface area (Å²) in [7, 11) is 0. The summed E-state index contributed by atoms with van der Waals surface area (Å²) >= 11 is 5.90. The van der Waals surface area contributed by atoms with Gasteiger partial charge in [0.1, 0.15) is 5.82 Å². The summed E-state index contributed by atoms with van der Waals surface area (Å²) in [5.74, 6) is 0.522. The Balaban J connectivity index is 1.77. The second-order valence-corrected chi connectivity index (χ2v) is 5.71. The van der Waals surface area contributed by atoms with Crippen LogP contribution < -0.4 is 5.32 Å². The maximum absolute atomic E-state index is 12.4. The molecule has 1 amide bonds. The van der Waals surface area contributed by atoms with E-state index in [0.717, 1.165) is 11.1 Å². The first-order valence-electron chi connectivity index (χ1n) is 7.27. The molecule has 5 heteroatoms. The topological polar surface area (TPSA) is 46.9 Å². The second-order valence-electron chi connectivity index (χ2n) is 5.27. The lowest BCUT2D eigenvalue weighted by molar-refractivity contribution is 0.102. The van der Waals surface area contributed by atoms with Gasteiger partial charge in [0.2, 0.25) is 0 Å². The first kappa shape index (κ1) is 15.3. The molecule has 23 heavy (non-hydrogen) atoms. The summed E-state index contributed by atoms with van der Waals surface area (Å²) in [5.41, 5.74) is 2.66. The zero-order valence-corrected chi connectivity index (χ0v) is 13.4. The van der Waals surface area contributed by atoms with Gasteiger partial charge in [0.05, 0.1) is 12.7 Å². The fraction of sp³-hybridized carbons (Fsp3) is 0.111. The van der Waals surface area contributed by atoms with E-state index < -0.39 is 0 Å². The predicted octanol–water partition coefficient (Wildman–Crippen LogP) is 4.15. The first-order valence-corrected chi connectivity index (χ1v) is 7.64. The highest BCUT2D eigenvalue weighted by atomic mass is 35.5. The van der Waals surface area contributed by atoms with Crippen molar-refractivity contribution in [3.63, 3.8) is 0 Å². The molecule has 3 rings (SSSR count). The summed E-state index contributed by atoms with van der Waals surface area (Å²) in [5, 5.41) is 7.88. The highest BCUT2D eigenvalue weighted by Gasteiger charge is 2.11. The molecule has 0 saturated heterocycles. The standard InChI is InChI=1S/C18H16ClN3O/c1-13-4-2-3-5-16(13)18(23)21-17-10-11-20-22(17)12-14-6-8-15(19)9-7-14/h2-11H,12H2,1H3,(H,21,23). The average molecular weight is 326 g/mol. The lowest BCUT2D eigenvalue weighted by atomic mass is 10.1. The number of nitrogens with one attached hydrogen (secondary N) is 1. The molecule has 0 fully saturated rings. The molecule has 2 aromatic carbocycles. The number of halogens is 1. The van der Waals surface area contributed by atoms with Crippen molar-refractivity contribution in [2.45, 2.75) is 13.5 Å². The van der Waals surface area contributed by atoms with Crippen LogP contribution in [0.4, 0.5) is 5.82 Å². The van der Waals surface area contributed by atoms with Crippen LogP contribution in [0.25, 0.3) is 0 Å². The Morgan fingerprint density at radius 3 is 2.61 bits per heavy atom. The van der Waals surface area contributed by atoms with E-state index in [0.29, 0.717) is 22.9 Å². The van der Waals surface area contributed by atoms with Crippen LogP contribution in [0.1, 0.15) is 21.5 Å². The van der Waals surface area contributed by atoms with Gasteiger partial charge in [-0.3, -0.25) is 4.79 Å². The highest BCUT2D eigenvalue weighted by molar-refractivity contribution is 6.30. The molecule has 1 heterocycles. The number of carbonyl (C=O) groups is 1. The van der Waals surface area contributed by atoms with Crippen molar-refractivity contribution in [1.82, 2.24) is 9.78 Å². The molecule has 4 nitrogen and oxygen atoms in total. The molecule has 0 unspecified atom stereocenters. The van der Waals surface area contributed by atoms with Gasteiger partial charge in [-0.25, -0.2) is 4.68 Å². The number of aromatic nitrogens is 2. The molecule has 0 saturated carbocycles. The van der Waals surface area contributed by atoms with Crippen molar-refractivity contribution in [3.8, 4) is 0 Å². The molecule has 116 valence electrons. The van der Waals surface area contributed by atoms with Crippen molar-refractivity contribution < 1.29 is 4.79 Å². The van der Waals surface area contributed by atoms with Crippen LogP contribution in [0, 0.1) is 6.92 Å². The molecule has 0 radical (unpaired) electrons. The van der Waals surface area contributed by atoms with Crippen LogP contribution in [-0.4, -0.2) is 15.7 Å². The lowest BCUT2D eigenvalue weighted by Crippen LogP contribution is -2.17. The van der Waals surface area contributed by atoms with Crippen LogP contribution in [0.2, 0.25) is 5.02 Å². The largest absolute Gasteiger partial charge is 0.307 e. The molecule has 1 N–H and O–H groups in total. The number of hydrogen-bond donors (Lipinski definition) is 1. The number of benzene rings is 2. The van der Waals surface area contributed by atoms with Crippen molar-refractivity contribution in [3.05, 3.63) is 82.5 Å². The number of nitrogens with zero attached hydrogens (tertiary/aromatic N) is 2. The smallest absolute Gasteiger partial charge is 0.257 e. The Morgan fingerprint density at radius 1 is 1.13 bits per heavy atom. The molecular weight excluding hydrogens is 310 g/mol. The highest BCUT2D eigenvalue weighted by Crippen LogP contribution is 2.15. The first-order chi connectivity index (χ1) is 11.1. The fourth-order valence-electron chi connectivity index (χ4n) is 2.34. The zero-order valence-electron chi connectivity index (χ0n) is 12.7. The minimum absolute atomic E-state index is 0.138. The summed E-state index contributed by atoms with van der Waals surface area (Å²) in [6.07, 6.45) is 1.67. The maximum atomic E-state index is 12.4. The summed E-state index contributed by atoms with van der Waals surface area (Å²) in [6.45, 7) is 2.48. The average Bonchev–Trinajstić information content (AvgIpc) is 2.97. The Hall–Kier alpha value is -2.59. The summed E-state index contributed by atoms with van der Waals surface area (Å²) < 4.78 is 1.75.